The predicted molar refractivity (Wildman–Crippen MR) is 78.5 cm³/mol. The minimum absolute atomic E-state index is 0.200. The third kappa shape index (κ3) is 4.58. The van der Waals surface area contributed by atoms with Crippen molar-refractivity contribution in [2.45, 2.75) is 6.54 Å². The molecule has 1 heterocycles. The van der Waals surface area contributed by atoms with Crippen molar-refractivity contribution in [3.8, 4) is 0 Å². The van der Waals surface area contributed by atoms with Gasteiger partial charge in [-0.05, 0) is 35.9 Å². The van der Waals surface area contributed by atoms with E-state index in [2.05, 4.69) is 10.3 Å². The quantitative estimate of drug-likeness (QED) is 0.823. The van der Waals surface area contributed by atoms with E-state index in [4.69, 9.17) is 5.11 Å². The van der Waals surface area contributed by atoms with Gasteiger partial charge < -0.3 is 10.4 Å². The number of carbonyl (C=O) groups excluding carboxylic acids is 1. The number of hydrogen-bond acceptors (Lipinski definition) is 3. The number of carboxylic acids is 1. The summed E-state index contributed by atoms with van der Waals surface area (Å²) in [6.45, 7) is 0.270. The highest BCUT2D eigenvalue weighted by atomic mass is 16.4. The van der Waals surface area contributed by atoms with E-state index in [-0.39, 0.29) is 18.0 Å². The topological polar surface area (TPSA) is 79.3 Å². The van der Waals surface area contributed by atoms with Gasteiger partial charge in [0.15, 0.2) is 0 Å². The van der Waals surface area contributed by atoms with Gasteiger partial charge in [0.1, 0.15) is 0 Å². The smallest absolute Gasteiger partial charge is 0.335 e. The zero-order valence-corrected chi connectivity index (χ0v) is 11.2. The number of rotatable bonds is 5. The minimum atomic E-state index is -0.988. The summed E-state index contributed by atoms with van der Waals surface area (Å²) >= 11 is 0. The van der Waals surface area contributed by atoms with Crippen molar-refractivity contribution in [3.63, 3.8) is 0 Å². The van der Waals surface area contributed by atoms with Gasteiger partial charge >= 0.3 is 5.97 Å². The van der Waals surface area contributed by atoms with Gasteiger partial charge in [-0.25, -0.2) is 4.79 Å². The van der Waals surface area contributed by atoms with Crippen LogP contribution in [0.2, 0.25) is 0 Å². The number of hydrogen-bond donors (Lipinski definition) is 2. The average Bonchev–Trinajstić information content (AvgIpc) is 2.52. The van der Waals surface area contributed by atoms with Gasteiger partial charge in [0, 0.05) is 18.8 Å². The number of aromatic carboxylic acids is 1. The van der Waals surface area contributed by atoms with Crippen LogP contribution in [-0.2, 0) is 11.3 Å². The fourth-order valence-corrected chi connectivity index (χ4v) is 1.70. The SMILES string of the molecule is O=C(/C=C/c1ccccn1)NCc1cccc(C(=O)O)c1. The van der Waals surface area contributed by atoms with Gasteiger partial charge in [-0.15, -0.1) is 0 Å². The summed E-state index contributed by atoms with van der Waals surface area (Å²) in [4.78, 5) is 26.6. The molecule has 2 rings (SSSR count). The first kappa shape index (κ1) is 14.5. The van der Waals surface area contributed by atoms with Crippen LogP contribution >= 0.6 is 0 Å². The first-order chi connectivity index (χ1) is 10.1. The molecule has 0 aliphatic rings. The molecule has 1 aromatic heterocycles. The number of amides is 1. The summed E-state index contributed by atoms with van der Waals surface area (Å²) in [6.07, 6.45) is 4.65. The fourth-order valence-electron chi connectivity index (χ4n) is 1.70. The van der Waals surface area contributed by atoms with Crippen LogP contribution in [0.5, 0.6) is 0 Å². The maximum Gasteiger partial charge on any atom is 0.335 e. The second-order valence-electron chi connectivity index (χ2n) is 4.31. The Morgan fingerprint density at radius 2 is 2.05 bits per heavy atom. The lowest BCUT2D eigenvalue weighted by molar-refractivity contribution is -0.116. The molecular weight excluding hydrogens is 268 g/mol. The maximum absolute atomic E-state index is 11.7. The highest BCUT2D eigenvalue weighted by Crippen LogP contribution is 2.05. The van der Waals surface area contributed by atoms with Crippen LogP contribution in [-0.4, -0.2) is 22.0 Å². The van der Waals surface area contributed by atoms with Gasteiger partial charge in [-0.3, -0.25) is 9.78 Å². The Balaban J connectivity index is 1.91. The van der Waals surface area contributed by atoms with Crippen LogP contribution in [0.25, 0.3) is 6.08 Å². The first-order valence-electron chi connectivity index (χ1n) is 6.34. The number of carboxylic acid groups (broad SMARTS) is 1. The average molecular weight is 282 g/mol. The molecule has 0 bridgehead atoms. The molecule has 5 nitrogen and oxygen atoms in total. The Morgan fingerprint density at radius 3 is 2.76 bits per heavy atom. The molecular formula is C16H14N2O3. The summed E-state index contributed by atoms with van der Waals surface area (Å²) in [5.74, 6) is -1.25. The summed E-state index contributed by atoms with van der Waals surface area (Å²) in [7, 11) is 0. The number of benzene rings is 1. The summed E-state index contributed by atoms with van der Waals surface area (Å²) < 4.78 is 0. The second-order valence-corrected chi connectivity index (χ2v) is 4.31. The van der Waals surface area contributed by atoms with Crippen molar-refractivity contribution in [2.24, 2.45) is 0 Å². The molecule has 1 amide bonds. The van der Waals surface area contributed by atoms with E-state index < -0.39 is 5.97 Å². The van der Waals surface area contributed by atoms with E-state index >= 15 is 0 Å². The number of pyridine rings is 1. The summed E-state index contributed by atoms with van der Waals surface area (Å²) in [6, 6.07) is 11.9. The number of carbonyl (C=O) groups is 2. The molecule has 0 atom stereocenters. The van der Waals surface area contributed by atoms with Crippen LogP contribution in [0.1, 0.15) is 21.6 Å². The molecule has 0 saturated carbocycles. The highest BCUT2D eigenvalue weighted by Gasteiger charge is 2.03. The number of nitrogens with zero attached hydrogens (tertiary/aromatic N) is 1. The molecule has 106 valence electrons. The van der Waals surface area contributed by atoms with Gasteiger partial charge in [0.2, 0.25) is 5.91 Å². The highest BCUT2D eigenvalue weighted by molar-refractivity contribution is 5.91. The minimum Gasteiger partial charge on any atom is -0.478 e. The van der Waals surface area contributed by atoms with Crippen LogP contribution in [0.15, 0.2) is 54.7 Å². The lowest BCUT2D eigenvalue weighted by atomic mass is 10.1. The van der Waals surface area contributed by atoms with E-state index in [1.54, 1.807) is 36.5 Å². The largest absolute Gasteiger partial charge is 0.478 e. The maximum atomic E-state index is 11.7. The van der Waals surface area contributed by atoms with E-state index in [1.165, 1.54) is 18.2 Å². The molecule has 0 fully saturated rings. The van der Waals surface area contributed by atoms with Crippen LogP contribution in [0, 0.1) is 0 Å². The molecule has 21 heavy (non-hydrogen) atoms. The van der Waals surface area contributed by atoms with Crippen LogP contribution < -0.4 is 5.32 Å². The van der Waals surface area contributed by atoms with Crippen molar-refractivity contribution in [2.75, 3.05) is 0 Å². The van der Waals surface area contributed by atoms with Gasteiger partial charge in [0.25, 0.3) is 0 Å². The van der Waals surface area contributed by atoms with E-state index in [9.17, 15) is 9.59 Å². The molecule has 1 aromatic carbocycles. The molecule has 0 spiro atoms. The Hall–Kier alpha value is -2.95. The third-order valence-electron chi connectivity index (χ3n) is 2.73. The molecule has 2 N–H and O–H groups in total. The molecule has 0 aliphatic carbocycles. The Bertz CT molecular complexity index is 666. The molecule has 0 radical (unpaired) electrons. The normalized spacial score (nSPS) is 10.5. The van der Waals surface area contributed by atoms with Crippen molar-refractivity contribution < 1.29 is 14.7 Å². The predicted octanol–water partition coefficient (Wildman–Crippen LogP) is 2.11. The zero-order chi connectivity index (χ0) is 15.1. The molecule has 0 saturated heterocycles. The Kier molecular flexibility index (Phi) is 4.82. The molecule has 0 unspecified atom stereocenters. The van der Waals surface area contributed by atoms with E-state index in [1.807, 2.05) is 6.07 Å². The zero-order valence-electron chi connectivity index (χ0n) is 11.2. The summed E-state index contributed by atoms with van der Waals surface area (Å²) in [5, 5.41) is 11.6. The van der Waals surface area contributed by atoms with Crippen LogP contribution in [0.4, 0.5) is 0 Å². The van der Waals surface area contributed by atoms with E-state index in [0.29, 0.717) is 5.69 Å². The molecule has 5 heteroatoms. The Morgan fingerprint density at radius 1 is 1.19 bits per heavy atom. The Labute approximate surface area is 122 Å². The number of aromatic nitrogens is 1. The van der Waals surface area contributed by atoms with E-state index in [0.717, 1.165) is 5.56 Å². The first-order valence-corrected chi connectivity index (χ1v) is 6.34. The monoisotopic (exact) mass is 282 g/mol. The van der Waals surface area contributed by atoms with Gasteiger partial charge in [-0.1, -0.05) is 18.2 Å². The lowest BCUT2D eigenvalue weighted by Gasteiger charge is -2.03. The van der Waals surface area contributed by atoms with Gasteiger partial charge in [0.05, 0.1) is 11.3 Å². The van der Waals surface area contributed by atoms with Crippen LogP contribution in [0.3, 0.4) is 0 Å². The number of nitrogens with one attached hydrogen (secondary N) is 1. The molecule has 2 aromatic rings. The van der Waals surface area contributed by atoms with Gasteiger partial charge in [-0.2, -0.15) is 0 Å². The third-order valence-corrected chi connectivity index (χ3v) is 2.73. The lowest BCUT2D eigenvalue weighted by Crippen LogP contribution is -2.20. The van der Waals surface area contributed by atoms with Crippen molar-refractivity contribution in [1.29, 1.82) is 0 Å². The molecule has 0 aliphatic heterocycles. The van der Waals surface area contributed by atoms with Crippen molar-refractivity contribution >= 4 is 18.0 Å². The second kappa shape index (κ2) is 7.00. The van der Waals surface area contributed by atoms with Crippen molar-refractivity contribution in [1.82, 2.24) is 10.3 Å². The summed E-state index contributed by atoms with van der Waals surface area (Å²) in [5.41, 5.74) is 1.63. The standard InChI is InChI=1S/C16H14N2O3/c19-15(8-7-14-6-1-2-9-17-14)18-11-12-4-3-5-13(10-12)16(20)21/h1-10H,11H2,(H,18,19)(H,20,21)/b8-7+. The fraction of sp³-hybridized carbons (Fsp3) is 0.0625. The van der Waals surface area contributed by atoms with Crippen molar-refractivity contribution in [3.05, 3.63) is 71.6 Å².